The molecule has 0 radical (unpaired) electrons. The van der Waals surface area contributed by atoms with E-state index in [1.807, 2.05) is 12.1 Å². The molecule has 0 aliphatic rings. The molecule has 0 saturated heterocycles. The lowest BCUT2D eigenvalue weighted by atomic mass is 9.99. The molecule has 0 bridgehead atoms. The summed E-state index contributed by atoms with van der Waals surface area (Å²) in [6, 6.07) is 12.6. The molecule has 0 aliphatic heterocycles. The normalized spacial score (nSPS) is 11.2. The van der Waals surface area contributed by atoms with E-state index in [0.29, 0.717) is 5.92 Å². The van der Waals surface area contributed by atoms with Gasteiger partial charge < -0.3 is 5.32 Å². The molecule has 3 aromatic heterocycles. The molecule has 5 heteroatoms. The maximum Gasteiger partial charge on any atom is 0.143 e. The van der Waals surface area contributed by atoms with Gasteiger partial charge in [-0.15, -0.1) is 11.3 Å². The standard InChI is InChI=1S/C20H18N4S/c1-13(2)14-3-5-15(6-4-14)17-11-25-20-18(17)19(22-12-23-20)24-16-7-9-21-10-8-16/h3-13H,1-2H3,(H,21,22,23,24). The van der Waals surface area contributed by atoms with Crippen LogP contribution in [0.2, 0.25) is 0 Å². The molecule has 3 heterocycles. The number of hydrogen-bond donors (Lipinski definition) is 1. The lowest BCUT2D eigenvalue weighted by Gasteiger charge is -2.09. The molecule has 1 N–H and O–H groups in total. The Kier molecular flexibility index (Phi) is 4.15. The van der Waals surface area contributed by atoms with Crippen molar-refractivity contribution in [3.8, 4) is 11.1 Å². The molecule has 4 nitrogen and oxygen atoms in total. The predicted molar refractivity (Wildman–Crippen MR) is 104 cm³/mol. The van der Waals surface area contributed by atoms with E-state index in [9.17, 15) is 0 Å². The van der Waals surface area contributed by atoms with Crippen LogP contribution in [0.15, 0.2) is 60.5 Å². The van der Waals surface area contributed by atoms with Gasteiger partial charge in [0.25, 0.3) is 0 Å². The van der Waals surface area contributed by atoms with E-state index in [-0.39, 0.29) is 0 Å². The van der Waals surface area contributed by atoms with Gasteiger partial charge in [-0.3, -0.25) is 4.98 Å². The van der Waals surface area contributed by atoms with Crippen LogP contribution in [0.3, 0.4) is 0 Å². The van der Waals surface area contributed by atoms with Crippen molar-refractivity contribution in [3.05, 3.63) is 66.1 Å². The Morgan fingerprint density at radius 1 is 0.960 bits per heavy atom. The van der Waals surface area contributed by atoms with E-state index in [0.717, 1.165) is 27.3 Å². The Morgan fingerprint density at radius 2 is 1.72 bits per heavy atom. The van der Waals surface area contributed by atoms with E-state index in [2.05, 4.69) is 63.8 Å². The van der Waals surface area contributed by atoms with Crippen molar-refractivity contribution >= 4 is 33.1 Å². The summed E-state index contributed by atoms with van der Waals surface area (Å²) in [5, 5.41) is 6.60. The molecule has 0 amide bonds. The van der Waals surface area contributed by atoms with Crippen LogP contribution < -0.4 is 5.32 Å². The van der Waals surface area contributed by atoms with E-state index < -0.39 is 0 Å². The van der Waals surface area contributed by atoms with Crippen LogP contribution in [0.25, 0.3) is 21.3 Å². The molecule has 4 aromatic rings. The second-order valence-electron chi connectivity index (χ2n) is 6.19. The zero-order chi connectivity index (χ0) is 17.2. The molecule has 0 saturated carbocycles. The van der Waals surface area contributed by atoms with Crippen molar-refractivity contribution in [1.29, 1.82) is 0 Å². The summed E-state index contributed by atoms with van der Waals surface area (Å²) in [5.41, 5.74) is 4.65. The van der Waals surface area contributed by atoms with Gasteiger partial charge in [0.2, 0.25) is 0 Å². The highest BCUT2D eigenvalue weighted by Crippen LogP contribution is 2.37. The van der Waals surface area contributed by atoms with Crippen molar-refractivity contribution in [3.63, 3.8) is 0 Å². The maximum atomic E-state index is 4.47. The summed E-state index contributed by atoms with van der Waals surface area (Å²) in [4.78, 5) is 13.9. The molecule has 0 fully saturated rings. The Balaban J connectivity index is 1.80. The molecule has 1 aromatic carbocycles. The number of nitrogens with one attached hydrogen (secondary N) is 1. The first kappa shape index (κ1) is 15.7. The number of anilines is 2. The third-order valence-corrected chi connectivity index (χ3v) is 5.09. The summed E-state index contributed by atoms with van der Waals surface area (Å²) in [7, 11) is 0. The number of benzene rings is 1. The monoisotopic (exact) mass is 346 g/mol. The molecule has 124 valence electrons. The van der Waals surface area contributed by atoms with Crippen LogP contribution in [0.5, 0.6) is 0 Å². The highest BCUT2D eigenvalue weighted by Gasteiger charge is 2.13. The van der Waals surface area contributed by atoms with Gasteiger partial charge >= 0.3 is 0 Å². The lowest BCUT2D eigenvalue weighted by Crippen LogP contribution is -1.95. The van der Waals surface area contributed by atoms with Crippen LogP contribution in [0, 0.1) is 0 Å². The smallest absolute Gasteiger partial charge is 0.143 e. The first-order valence-corrected chi connectivity index (χ1v) is 9.10. The van der Waals surface area contributed by atoms with Crippen LogP contribution in [0.4, 0.5) is 11.5 Å². The van der Waals surface area contributed by atoms with Crippen LogP contribution in [-0.2, 0) is 0 Å². The average Bonchev–Trinajstić information content (AvgIpc) is 3.08. The van der Waals surface area contributed by atoms with Gasteiger partial charge in [-0.1, -0.05) is 38.1 Å². The van der Waals surface area contributed by atoms with Crippen molar-refractivity contribution in [2.24, 2.45) is 0 Å². The van der Waals surface area contributed by atoms with Crippen molar-refractivity contribution in [1.82, 2.24) is 15.0 Å². The minimum absolute atomic E-state index is 0.528. The Hall–Kier alpha value is -2.79. The topological polar surface area (TPSA) is 50.7 Å². The average molecular weight is 346 g/mol. The highest BCUT2D eigenvalue weighted by atomic mass is 32.1. The minimum Gasteiger partial charge on any atom is -0.339 e. The van der Waals surface area contributed by atoms with E-state index >= 15 is 0 Å². The van der Waals surface area contributed by atoms with Crippen molar-refractivity contribution in [2.75, 3.05) is 5.32 Å². The van der Waals surface area contributed by atoms with Gasteiger partial charge in [0.05, 0.1) is 5.39 Å². The zero-order valence-corrected chi connectivity index (χ0v) is 14.9. The van der Waals surface area contributed by atoms with Gasteiger partial charge in [0, 0.05) is 29.0 Å². The number of rotatable bonds is 4. The van der Waals surface area contributed by atoms with Crippen molar-refractivity contribution < 1.29 is 0 Å². The number of thiophene rings is 1. The maximum absolute atomic E-state index is 4.47. The van der Waals surface area contributed by atoms with Crippen molar-refractivity contribution in [2.45, 2.75) is 19.8 Å². The van der Waals surface area contributed by atoms with Crippen LogP contribution in [-0.4, -0.2) is 15.0 Å². The third kappa shape index (κ3) is 3.10. The SMILES string of the molecule is CC(C)c1ccc(-c2csc3ncnc(Nc4ccncc4)c23)cc1. The fraction of sp³-hybridized carbons (Fsp3) is 0.150. The van der Waals surface area contributed by atoms with E-state index in [1.165, 1.54) is 11.1 Å². The van der Waals surface area contributed by atoms with Gasteiger partial charge in [0.15, 0.2) is 0 Å². The molecule has 0 atom stereocenters. The summed E-state index contributed by atoms with van der Waals surface area (Å²) >= 11 is 1.64. The highest BCUT2D eigenvalue weighted by molar-refractivity contribution is 7.17. The zero-order valence-electron chi connectivity index (χ0n) is 14.1. The fourth-order valence-electron chi connectivity index (χ4n) is 2.80. The Bertz CT molecular complexity index is 991. The molecule has 0 aliphatic carbocycles. The van der Waals surface area contributed by atoms with E-state index in [4.69, 9.17) is 0 Å². The summed E-state index contributed by atoms with van der Waals surface area (Å²) in [6.45, 7) is 4.42. The first-order chi connectivity index (χ1) is 12.2. The lowest BCUT2D eigenvalue weighted by molar-refractivity contribution is 0.867. The Labute approximate surface area is 150 Å². The molecule has 25 heavy (non-hydrogen) atoms. The van der Waals surface area contributed by atoms with Gasteiger partial charge in [-0.2, -0.15) is 0 Å². The summed E-state index contributed by atoms with van der Waals surface area (Å²) in [6.07, 6.45) is 5.13. The van der Waals surface area contributed by atoms with Gasteiger partial charge in [-0.05, 0) is 29.2 Å². The predicted octanol–water partition coefficient (Wildman–Crippen LogP) is 5.62. The molecule has 4 rings (SSSR count). The number of nitrogens with zero attached hydrogens (tertiary/aromatic N) is 3. The van der Waals surface area contributed by atoms with Crippen LogP contribution >= 0.6 is 11.3 Å². The summed E-state index contributed by atoms with van der Waals surface area (Å²) in [5.74, 6) is 1.35. The van der Waals surface area contributed by atoms with E-state index in [1.54, 1.807) is 30.1 Å². The second kappa shape index (κ2) is 6.61. The van der Waals surface area contributed by atoms with Gasteiger partial charge in [0.1, 0.15) is 17.0 Å². The molecule has 0 unspecified atom stereocenters. The third-order valence-electron chi connectivity index (χ3n) is 4.20. The Morgan fingerprint density at radius 3 is 2.44 bits per heavy atom. The number of hydrogen-bond acceptors (Lipinski definition) is 5. The number of fused-ring (bicyclic) bond motifs is 1. The molecular formula is C20H18N4S. The number of pyridine rings is 1. The first-order valence-electron chi connectivity index (χ1n) is 8.22. The van der Waals surface area contributed by atoms with Crippen LogP contribution in [0.1, 0.15) is 25.3 Å². The second-order valence-corrected chi connectivity index (χ2v) is 7.05. The fourth-order valence-corrected chi connectivity index (χ4v) is 3.72. The molecular weight excluding hydrogens is 328 g/mol. The minimum atomic E-state index is 0.528. The quantitative estimate of drug-likeness (QED) is 0.521. The largest absolute Gasteiger partial charge is 0.339 e. The summed E-state index contributed by atoms with van der Waals surface area (Å²) < 4.78 is 0. The van der Waals surface area contributed by atoms with Gasteiger partial charge in [-0.25, -0.2) is 9.97 Å². The molecule has 0 spiro atoms. The number of aromatic nitrogens is 3.